The molecule has 1 aliphatic rings. The Balaban J connectivity index is 1.68. The second-order valence-corrected chi connectivity index (χ2v) is 5.12. The number of aryl methyl sites for hydroxylation is 1. The van der Waals surface area contributed by atoms with Crippen molar-refractivity contribution in [3.63, 3.8) is 0 Å². The molecule has 1 aromatic rings. The van der Waals surface area contributed by atoms with Gasteiger partial charge >= 0.3 is 0 Å². The Morgan fingerprint density at radius 2 is 1.95 bits per heavy atom. The smallest absolute Gasteiger partial charge is 0.234 e. The van der Waals surface area contributed by atoms with Crippen LogP contribution in [0.3, 0.4) is 0 Å². The van der Waals surface area contributed by atoms with E-state index in [1.165, 1.54) is 0 Å². The van der Waals surface area contributed by atoms with E-state index in [2.05, 4.69) is 32.2 Å². The van der Waals surface area contributed by atoms with E-state index in [0.717, 1.165) is 39.1 Å². The zero-order chi connectivity index (χ0) is 14.4. The molecule has 1 aromatic heterocycles. The summed E-state index contributed by atoms with van der Waals surface area (Å²) in [6, 6.07) is 0. The Morgan fingerprint density at radius 1 is 1.25 bits per heavy atom. The van der Waals surface area contributed by atoms with Crippen molar-refractivity contribution in [2.45, 2.75) is 26.8 Å². The minimum absolute atomic E-state index is 0.118. The van der Waals surface area contributed by atoms with Gasteiger partial charge in [0.05, 0.1) is 13.1 Å². The van der Waals surface area contributed by atoms with Gasteiger partial charge in [0.25, 0.3) is 0 Å². The van der Waals surface area contributed by atoms with E-state index in [0.29, 0.717) is 24.9 Å². The maximum atomic E-state index is 11.6. The number of carbonyl (C=O) groups is 1. The van der Waals surface area contributed by atoms with Crippen molar-refractivity contribution < 1.29 is 9.21 Å². The molecule has 0 unspecified atom stereocenters. The quantitative estimate of drug-likeness (QED) is 0.792. The summed E-state index contributed by atoms with van der Waals surface area (Å²) in [5.74, 6) is 1.38. The summed E-state index contributed by atoms with van der Waals surface area (Å²) < 4.78 is 5.38. The molecular weight excluding hydrogens is 258 g/mol. The number of aromatic nitrogens is 2. The zero-order valence-electron chi connectivity index (χ0n) is 12.3. The summed E-state index contributed by atoms with van der Waals surface area (Å²) in [5, 5.41) is 10.7. The molecule has 0 bridgehead atoms. The fourth-order valence-corrected chi connectivity index (χ4v) is 2.22. The highest BCUT2D eigenvalue weighted by molar-refractivity contribution is 5.77. The first-order valence-electron chi connectivity index (χ1n) is 7.17. The minimum atomic E-state index is 0.118. The van der Waals surface area contributed by atoms with Gasteiger partial charge in [-0.15, -0.1) is 10.2 Å². The number of carbonyl (C=O) groups excluding carboxylic acids is 1. The van der Waals surface area contributed by atoms with Crippen LogP contribution in [0.5, 0.6) is 0 Å². The third kappa shape index (κ3) is 4.57. The van der Waals surface area contributed by atoms with Crippen LogP contribution in [0.25, 0.3) is 0 Å². The third-order valence-corrected chi connectivity index (χ3v) is 3.33. The molecule has 2 rings (SSSR count). The third-order valence-electron chi connectivity index (χ3n) is 3.33. The molecule has 0 aromatic carbocycles. The van der Waals surface area contributed by atoms with Crippen LogP contribution in [0.15, 0.2) is 4.42 Å². The van der Waals surface area contributed by atoms with Gasteiger partial charge in [-0.3, -0.25) is 14.6 Å². The van der Waals surface area contributed by atoms with Gasteiger partial charge in [-0.25, -0.2) is 0 Å². The van der Waals surface area contributed by atoms with E-state index in [1.54, 1.807) is 6.92 Å². The number of hydrogen-bond donors (Lipinski definition) is 1. The first kappa shape index (κ1) is 14.9. The molecule has 7 heteroatoms. The largest absolute Gasteiger partial charge is 0.424 e. The minimum Gasteiger partial charge on any atom is -0.424 e. The number of hydrogen-bond acceptors (Lipinski definition) is 6. The van der Waals surface area contributed by atoms with Gasteiger partial charge in [-0.1, -0.05) is 6.92 Å². The van der Waals surface area contributed by atoms with Crippen molar-refractivity contribution in [1.29, 1.82) is 0 Å². The molecule has 0 spiro atoms. The van der Waals surface area contributed by atoms with E-state index in [9.17, 15) is 4.79 Å². The number of amides is 1. The summed E-state index contributed by atoms with van der Waals surface area (Å²) in [7, 11) is 0. The van der Waals surface area contributed by atoms with Crippen LogP contribution in [0, 0.1) is 6.92 Å². The lowest BCUT2D eigenvalue weighted by Crippen LogP contribution is -2.49. The van der Waals surface area contributed by atoms with Crippen molar-refractivity contribution in [2.24, 2.45) is 0 Å². The lowest BCUT2D eigenvalue weighted by Gasteiger charge is -2.33. The van der Waals surface area contributed by atoms with Crippen LogP contribution in [-0.4, -0.2) is 65.2 Å². The summed E-state index contributed by atoms with van der Waals surface area (Å²) >= 11 is 0. The predicted octanol–water partition coefficient (Wildman–Crippen LogP) is 0.0218. The lowest BCUT2D eigenvalue weighted by atomic mass is 10.3. The van der Waals surface area contributed by atoms with Crippen LogP contribution in [-0.2, 0) is 11.3 Å². The number of rotatable bonds is 6. The number of nitrogens with zero attached hydrogens (tertiary/aromatic N) is 4. The highest BCUT2D eigenvalue weighted by Gasteiger charge is 2.20. The van der Waals surface area contributed by atoms with Crippen LogP contribution in [0.1, 0.15) is 25.1 Å². The molecule has 7 nitrogen and oxygen atoms in total. The second kappa shape index (κ2) is 7.35. The standard InChI is InChI=1S/C13H23N5O2/c1-3-4-14-12(19)9-17-5-7-18(8-6-17)10-13-16-15-11(2)20-13/h3-10H2,1-2H3,(H,14,19). The van der Waals surface area contributed by atoms with E-state index in [4.69, 9.17) is 4.42 Å². The average Bonchev–Trinajstić information content (AvgIpc) is 2.84. The summed E-state index contributed by atoms with van der Waals surface area (Å²) in [6.45, 7) is 9.42. The second-order valence-electron chi connectivity index (χ2n) is 5.12. The molecule has 0 atom stereocenters. The van der Waals surface area contributed by atoms with Gasteiger partial charge in [0.15, 0.2) is 0 Å². The van der Waals surface area contributed by atoms with E-state index in [1.807, 2.05) is 0 Å². The maximum Gasteiger partial charge on any atom is 0.234 e. The van der Waals surface area contributed by atoms with E-state index >= 15 is 0 Å². The summed E-state index contributed by atoms with van der Waals surface area (Å²) in [4.78, 5) is 16.1. The SMILES string of the molecule is CCCNC(=O)CN1CCN(Cc2nnc(C)o2)CC1. The Labute approximate surface area is 119 Å². The van der Waals surface area contributed by atoms with Crippen LogP contribution in [0.4, 0.5) is 0 Å². The van der Waals surface area contributed by atoms with Crippen LogP contribution in [0.2, 0.25) is 0 Å². The fraction of sp³-hybridized carbons (Fsp3) is 0.769. The highest BCUT2D eigenvalue weighted by atomic mass is 16.4. The molecule has 1 fully saturated rings. The normalized spacial score (nSPS) is 17.3. The molecule has 112 valence electrons. The van der Waals surface area contributed by atoms with Crippen LogP contribution >= 0.6 is 0 Å². The zero-order valence-corrected chi connectivity index (χ0v) is 12.3. The van der Waals surface area contributed by atoms with E-state index in [-0.39, 0.29) is 5.91 Å². The number of piperazine rings is 1. The Kier molecular flexibility index (Phi) is 5.49. The predicted molar refractivity (Wildman–Crippen MR) is 74.1 cm³/mol. The van der Waals surface area contributed by atoms with Crippen molar-refractivity contribution in [1.82, 2.24) is 25.3 Å². The highest BCUT2D eigenvalue weighted by Crippen LogP contribution is 2.07. The summed E-state index contributed by atoms with van der Waals surface area (Å²) in [6.07, 6.45) is 0.975. The van der Waals surface area contributed by atoms with Crippen molar-refractivity contribution in [3.05, 3.63) is 11.8 Å². The maximum absolute atomic E-state index is 11.6. The molecule has 1 N–H and O–H groups in total. The molecule has 0 radical (unpaired) electrons. The van der Waals surface area contributed by atoms with E-state index < -0.39 is 0 Å². The van der Waals surface area contributed by atoms with Crippen molar-refractivity contribution >= 4 is 5.91 Å². The lowest BCUT2D eigenvalue weighted by molar-refractivity contribution is -0.122. The van der Waals surface area contributed by atoms with Gasteiger partial charge in [0, 0.05) is 39.6 Å². The number of nitrogens with one attached hydrogen (secondary N) is 1. The van der Waals surface area contributed by atoms with Gasteiger partial charge < -0.3 is 9.73 Å². The molecule has 0 saturated carbocycles. The van der Waals surface area contributed by atoms with Crippen molar-refractivity contribution in [2.75, 3.05) is 39.3 Å². The van der Waals surface area contributed by atoms with Gasteiger partial charge in [-0.05, 0) is 6.42 Å². The molecule has 1 aliphatic heterocycles. The van der Waals surface area contributed by atoms with Gasteiger partial charge in [-0.2, -0.15) is 0 Å². The molecule has 1 amide bonds. The first-order chi connectivity index (χ1) is 9.67. The van der Waals surface area contributed by atoms with Gasteiger partial charge in [0.1, 0.15) is 0 Å². The van der Waals surface area contributed by atoms with Gasteiger partial charge in [0.2, 0.25) is 17.7 Å². The average molecular weight is 281 g/mol. The molecule has 0 aliphatic carbocycles. The molecule has 1 saturated heterocycles. The molecular formula is C13H23N5O2. The van der Waals surface area contributed by atoms with Crippen molar-refractivity contribution in [3.8, 4) is 0 Å². The Bertz CT molecular complexity index is 426. The first-order valence-corrected chi connectivity index (χ1v) is 7.17. The summed E-state index contributed by atoms with van der Waals surface area (Å²) in [5.41, 5.74) is 0. The Morgan fingerprint density at radius 3 is 2.55 bits per heavy atom. The van der Waals surface area contributed by atoms with Crippen LogP contribution < -0.4 is 5.32 Å². The molecule has 2 heterocycles. The fourth-order valence-electron chi connectivity index (χ4n) is 2.22. The topological polar surface area (TPSA) is 74.5 Å². The Hall–Kier alpha value is -1.47. The monoisotopic (exact) mass is 281 g/mol. The molecule has 20 heavy (non-hydrogen) atoms.